The molecule has 2 aromatic rings. The van der Waals surface area contributed by atoms with Crippen LogP contribution in [0.1, 0.15) is 28.2 Å². The second-order valence-electron chi connectivity index (χ2n) is 5.51. The Kier molecular flexibility index (Phi) is 5.66. The van der Waals surface area contributed by atoms with Crippen LogP contribution >= 0.6 is 15.9 Å². The van der Waals surface area contributed by atoms with Crippen molar-refractivity contribution in [1.29, 1.82) is 0 Å². The summed E-state index contributed by atoms with van der Waals surface area (Å²) in [5.74, 6) is -2.13. The van der Waals surface area contributed by atoms with Crippen LogP contribution in [0.5, 0.6) is 0 Å². The SMILES string of the molecule is Cc1ccc(/C=C/C(c2cccc(C(F)(F)F)c2)C(F)(F)F)cc1Br. The first-order valence-electron chi connectivity index (χ1n) is 7.16. The number of hydrogen-bond acceptors (Lipinski definition) is 0. The number of aryl methyl sites for hydroxylation is 1. The van der Waals surface area contributed by atoms with Crippen molar-refractivity contribution in [3.63, 3.8) is 0 Å². The highest BCUT2D eigenvalue weighted by Gasteiger charge is 2.40. The maximum Gasteiger partial charge on any atom is 0.416 e. The van der Waals surface area contributed by atoms with Gasteiger partial charge in [0.15, 0.2) is 0 Å². The Morgan fingerprint density at radius 2 is 1.64 bits per heavy atom. The van der Waals surface area contributed by atoms with Crippen LogP contribution < -0.4 is 0 Å². The van der Waals surface area contributed by atoms with Gasteiger partial charge in [-0.25, -0.2) is 0 Å². The Morgan fingerprint density at radius 1 is 0.960 bits per heavy atom. The molecule has 0 N–H and O–H groups in total. The van der Waals surface area contributed by atoms with Crippen molar-refractivity contribution >= 4 is 22.0 Å². The van der Waals surface area contributed by atoms with Crippen molar-refractivity contribution in [1.82, 2.24) is 0 Å². The molecule has 0 nitrogen and oxygen atoms in total. The van der Waals surface area contributed by atoms with Crippen LogP contribution in [0.15, 0.2) is 53.0 Å². The van der Waals surface area contributed by atoms with Crippen molar-refractivity contribution in [3.05, 3.63) is 75.3 Å². The number of alkyl halides is 6. The Morgan fingerprint density at radius 3 is 2.20 bits per heavy atom. The lowest BCUT2D eigenvalue weighted by molar-refractivity contribution is -0.142. The van der Waals surface area contributed by atoms with E-state index in [9.17, 15) is 26.3 Å². The highest BCUT2D eigenvalue weighted by molar-refractivity contribution is 9.10. The summed E-state index contributed by atoms with van der Waals surface area (Å²) < 4.78 is 79.0. The summed E-state index contributed by atoms with van der Waals surface area (Å²) in [5, 5.41) is 0. The number of allylic oxidation sites excluding steroid dienone is 1. The summed E-state index contributed by atoms with van der Waals surface area (Å²) >= 11 is 3.29. The number of benzene rings is 2. The summed E-state index contributed by atoms with van der Waals surface area (Å²) in [5.41, 5.74) is -0.128. The van der Waals surface area contributed by atoms with Gasteiger partial charge in [-0.2, -0.15) is 26.3 Å². The molecule has 0 heterocycles. The van der Waals surface area contributed by atoms with Crippen molar-refractivity contribution in [2.75, 3.05) is 0 Å². The molecule has 2 rings (SSSR count). The second-order valence-corrected chi connectivity index (χ2v) is 6.36. The quantitative estimate of drug-likeness (QED) is 0.461. The first kappa shape index (κ1) is 19.6. The monoisotopic (exact) mass is 422 g/mol. The van der Waals surface area contributed by atoms with Gasteiger partial charge in [0.1, 0.15) is 0 Å². The highest BCUT2D eigenvalue weighted by atomic mass is 79.9. The Hall–Kier alpha value is -1.76. The molecule has 134 valence electrons. The molecule has 0 aliphatic rings. The average Bonchev–Trinajstić information content (AvgIpc) is 2.49. The first-order chi connectivity index (χ1) is 11.5. The smallest absolute Gasteiger partial charge is 0.170 e. The van der Waals surface area contributed by atoms with E-state index in [-0.39, 0.29) is 0 Å². The molecule has 0 amide bonds. The van der Waals surface area contributed by atoms with E-state index in [1.807, 2.05) is 6.92 Å². The maximum absolute atomic E-state index is 13.3. The van der Waals surface area contributed by atoms with Crippen LogP contribution in [-0.4, -0.2) is 6.18 Å². The van der Waals surface area contributed by atoms with E-state index >= 15 is 0 Å². The standard InChI is InChI=1S/C18H13BrF6/c1-11-5-6-12(9-16(11)19)7-8-15(18(23,24)25)13-3-2-4-14(10-13)17(20,21)22/h2-10,15H,1H3/b8-7+. The molecule has 2 aromatic carbocycles. The fourth-order valence-corrected chi connectivity index (χ4v) is 2.63. The van der Waals surface area contributed by atoms with Crippen molar-refractivity contribution in [3.8, 4) is 0 Å². The molecule has 0 fully saturated rings. The number of halogens is 7. The van der Waals surface area contributed by atoms with Crippen LogP contribution in [-0.2, 0) is 6.18 Å². The van der Waals surface area contributed by atoms with E-state index in [0.717, 1.165) is 34.3 Å². The lowest BCUT2D eigenvalue weighted by Gasteiger charge is -2.18. The molecule has 0 aromatic heterocycles. The fraction of sp³-hybridized carbons (Fsp3) is 0.222. The fourth-order valence-electron chi connectivity index (χ4n) is 2.24. The third kappa shape index (κ3) is 5.11. The lowest BCUT2D eigenvalue weighted by atomic mass is 9.95. The molecular weight excluding hydrogens is 410 g/mol. The van der Waals surface area contributed by atoms with Crippen LogP contribution in [0.2, 0.25) is 0 Å². The minimum absolute atomic E-state index is 0.454. The molecule has 0 bridgehead atoms. The normalized spacial score (nSPS) is 14.1. The summed E-state index contributed by atoms with van der Waals surface area (Å²) in [6, 6.07) is 8.32. The molecule has 25 heavy (non-hydrogen) atoms. The predicted octanol–water partition coefficient (Wildman–Crippen LogP) is 7.14. The van der Waals surface area contributed by atoms with E-state index in [4.69, 9.17) is 0 Å². The van der Waals surface area contributed by atoms with Crippen molar-refractivity contribution < 1.29 is 26.3 Å². The summed E-state index contributed by atoms with van der Waals surface area (Å²) in [4.78, 5) is 0. The summed E-state index contributed by atoms with van der Waals surface area (Å²) in [7, 11) is 0. The summed E-state index contributed by atoms with van der Waals surface area (Å²) in [6.07, 6.45) is -7.28. The molecule has 0 radical (unpaired) electrons. The van der Waals surface area contributed by atoms with Gasteiger partial charge in [-0.05, 0) is 35.7 Å². The van der Waals surface area contributed by atoms with Gasteiger partial charge in [0.25, 0.3) is 0 Å². The Balaban J connectivity index is 2.40. The molecule has 1 unspecified atom stereocenters. The Bertz CT molecular complexity index is 774. The van der Waals surface area contributed by atoms with Gasteiger partial charge in [0.2, 0.25) is 0 Å². The molecule has 0 aliphatic carbocycles. The zero-order valence-electron chi connectivity index (χ0n) is 12.9. The van der Waals surface area contributed by atoms with Gasteiger partial charge in [0.05, 0.1) is 11.5 Å². The van der Waals surface area contributed by atoms with E-state index in [2.05, 4.69) is 15.9 Å². The molecule has 0 saturated carbocycles. The van der Waals surface area contributed by atoms with E-state index < -0.39 is 29.4 Å². The topological polar surface area (TPSA) is 0 Å². The van der Waals surface area contributed by atoms with Crippen molar-refractivity contribution in [2.45, 2.75) is 25.2 Å². The molecular formula is C18H13BrF6. The van der Waals surface area contributed by atoms with Crippen LogP contribution in [0.25, 0.3) is 6.08 Å². The first-order valence-corrected chi connectivity index (χ1v) is 7.96. The van der Waals surface area contributed by atoms with Crippen LogP contribution in [0, 0.1) is 6.92 Å². The number of rotatable bonds is 3. The highest BCUT2D eigenvalue weighted by Crippen LogP contribution is 2.39. The largest absolute Gasteiger partial charge is 0.416 e. The summed E-state index contributed by atoms with van der Waals surface area (Å²) in [6.45, 7) is 1.83. The van der Waals surface area contributed by atoms with Gasteiger partial charge in [-0.1, -0.05) is 58.4 Å². The lowest BCUT2D eigenvalue weighted by Crippen LogP contribution is -2.19. The van der Waals surface area contributed by atoms with Crippen molar-refractivity contribution in [2.24, 2.45) is 0 Å². The second kappa shape index (κ2) is 7.23. The molecule has 0 saturated heterocycles. The Labute approximate surface area is 149 Å². The molecule has 0 aliphatic heterocycles. The number of hydrogen-bond donors (Lipinski definition) is 0. The molecule has 1 atom stereocenters. The minimum Gasteiger partial charge on any atom is -0.170 e. The van der Waals surface area contributed by atoms with Crippen LogP contribution in [0.3, 0.4) is 0 Å². The van der Waals surface area contributed by atoms with Gasteiger partial charge in [-0.3, -0.25) is 0 Å². The third-order valence-electron chi connectivity index (χ3n) is 3.60. The van der Waals surface area contributed by atoms with Gasteiger partial charge in [-0.15, -0.1) is 0 Å². The van der Waals surface area contributed by atoms with E-state index in [0.29, 0.717) is 11.6 Å². The zero-order chi connectivity index (χ0) is 18.8. The average molecular weight is 423 g/mol. The maximum atomic E-state index is 13.3. The van der Waals surface area contributed by atoms with Crippen LogP contribution in [0.4, 0.5) is 26.3 Å². The van der Waals surface area contributed by atoms with Gasteiger partial charge >= 0.3 is 12.4 Å². The molecule has 7 heteroatoms. The van der Waals surface area contributed by atoms with Gasteiger partial charge < -0.3 is 0 Å². The third-order valence-corrected chi connectivity index (χ3v) is 4.46. The predicted molar refractivity (Wildman–Crippen MR) is 88.2 cm³/mol. The zero-order valence-corrected chi connectivity index (χ0v) is 14.5. The minimum atomic E-state index is -4.71. The van der Waals surface area contributed by atoms with E-state index in [1.165, 1.54) is 6.08 Å². The molecule has 0 spiro atoms. The van der Waals surface area contributed by atoms with Gasteiger partial charge in [0, 0.05) is 4.47 Å². The van der Waals surface area contributed by atoms with E-state index in [1.54, 1.807) is 18.2 Å².